The van der Waals surface area contributed by atoms with Gasteiger partial charge in [0.05, 0.1) is 11.6 Å². The van der Waals surface area contributed by atoms with E-state index in [0.717, 1.165) is 0 Å². The Labute approximate surface area is 130 Å². The molecule has 0 amide bonds. The van der Waals surface area contributed by atoms with Crippen LogP contribution in [0.25, 0.3) is 17.0 Å². The highest BCUT2D eigenvalue weighted by Gasteiger charge is 2.23. The van der Waals surface area contributed by atoms with E-state index in [1.54, 1.807) is 25.4 Å². The minimum Gasteiger partial charge on any atom is -0.461 e. The molecule has 0 aliphatic heterocycles. The summed E-state index contributed by atoms with van der Waals surface area (Å²) >= 11 is 6.12. The van der Waals surface area contributed by atoms with Crippen LogP contribution < -0.4 is 0 Å². The number of nitrogens with zero attached hydrogens (tertiary/aromatic N) is 3. The average molecular weight is 320 g/mol. The number of esters is 1. The number of carbonyl (C=O) groups excluding carboxylic acids is 1. The van der Waals surface area contributed by atoms with Crippen molar-refractivity contribution in [3.63, 3.8) is 0 Å². The quantitative estimate of drug-likeness (QED) is 0.695. The lowest BCUT2D eigenvalue weighted by atomic mass is 10.1. The Morgan fingerprint density at radius 1 is 1.45 bits per heavy atom. The van der Waals surface area contributed by atoms with E-state index in [4.69, 9.17) is 16.3 Å². The summed E-state index contributed by atoms with van der Waals surface area (Å²) in [7, 11) is 0. The van der Waals surface area contributed by atoms with Gasteiger partial charge in [0.2, 0.25) is 5.78 Å². The maximum atomic E-state index is 13.5. The molecule has 2 heterocycles. The SMILES string of the molecule is CCOC(=O)c1c(-c2cc(F)ccc2Cl)nc2ncccn12. The minimum atomic E-state index is -0.571. The van der Waals surface area contributed by atoms with Crippen molar-refractivity contribution in [1.82, 2.24) is 14.4 Å². The number of imidazole rings is 1. The molecule has 112 valence electrons. The Bertz CT molecular complexity index is 863. The van der Waals surface area contributed by atoms with Gasteiger partial charge in [0, 0.05) is 18.0 Å². The summed E-state index contributed by atoms with van der Waals surface area (Å²) in [5.41, 5.74) is 0.717. The first-order chi connectivity index (χ1) is 10.6. The van der Waals surface area contributed by atoms with Gasteiger partial charge in [0.1, 0.15) is 11.5 Å². The van der Waals surface area contributed by atoms with Crippen molar-refractivity contribution in [2.75, 3.05) is 6.61 Å². The van der Waals surface area contributed by atoms with Gasteiger partial charge in [-0.2, -0.15) is 0 Å². The number of rotatable bonds is 3. The van der Waals surface area contributed by atoms with Crippen molar-refractivity contribution < 1.29 is 13.9 Å². The van der Waals surface area contributed by atoms with Crippen LogP contribution in [-0.4, -0.2) is 26.9 Å². The van der Waals surface area contributed by atoms with Crippen LogP contribution in [0.15, 0.2) is 36.7 Å². The molecule has 7 heteroatoms. The number of ether oxygens (including phenoxy) is 1. The van der Waals surface area contributed by atoms with Gasteiger partial charge in [0.15, 0.2) is 5.69 Å². The van der Waals surface area contributed by atoms with E-state index in [1.807, 2.05) is 0 Å². The Hall–Kier alpha value is -2.47. The molecule has 0 bridgehead atoms. The highest BCUT2D eigenvalue weighted by atomic mass is 35.5. The molecule has 3 aromatic rings. The van der Waals surface area contributed by atoms with Gasteiger partial charge in [-0.15, -0.1) is 0 Å². The largest absolute Gasteiger partial charge is 0.461 e. The van der Waals surface area contributed by atoms with Crippen LogP contribution in [0.5, 0.6) is 0 Å². The van der Waals surface area contributed by atoms with Crippen molar-refractivity contribution in [1.29, 1.82) is 0 Å². The zero-order chi connectivity index (χ0) is 15.7. The summed E-state index contributed by atoms with van der Waals surface area (Å²) in [6, 6.07) is 5.55. The minimum absolute atomic E-state index is 0.164. The molecule has 0 aliphatic carbocycles. The van der Waals surface area contributed by atoms with Gasteiger partial charge in [-0.05, 0) is 31.2 Å². The fourth-order valence-electron chi connectivity index (χ4n) is 2.15. The average Bonchev–Trinajstić information content (AvgIpc) is 2.89. The predicted octanol–water partition coefficient (Wildman–Crippen LogP) is 3.37. The number of fused-ring (bicyclic) bond motifs is 1. The molecule has 0 unspecified atom stereocenters. The van der Waals surface area contributed by atoms with Crippen molar-refractivity contribution in [2.24, 2.45) is 0 Å². The molecule has 2 aromatic heterocycles. The van der Waals surface area contributed by atoms with Crippen molar-refractivity contribution in [3.05, 3.63) is 53.2 Å². The van der Waals surface area contributed by atoms with Gasteiger partial charge < -0.3 is 4.74 Å². The Morgan fingerprint density at radius 3 is 3.05 bits per heavy atom. The fraction of sp³-hybridized carbons (Fsp3) is 0.133. The monoisotopic (exact) mass is 319 g/mol. The van der Waals surface area contributed by atoms with E-state index in [1.165, 1.54) is 22.6 Å². The van der Waals surface area contributed by atoms with E-state index >= 15 is 0 Å². The maximum absolute atomic E-state index is 13.5. The molecule has 1 aromatic carbocycles. The molecule has 0 atom stereocenters. The summed E-state index contributed by atoms with van der Waals surface area (Å²) in [4.78, 5) is 20.6. The molecular formula is C15H11ClFN3O2. The molecule has 0 spiro atoms. The Morgan fingerprint density at radius 2 is 2.27 bits per heavy atom. The number of hydrogen-bond donors (Lipinski definition) is 0. The highest BCUT2D eigenvalue weighted by molar-refractivity contribution is 6.33. The third-order valence-corrected chi connectivity index (χ3v) is 3.39. The van der Waals surface area contributed by atoms with Gasteiger partial charge >= 0.3 is 5.97 Å². The van der Waals surface area contributed by atoms with E-state index in [0.29, 0.717) is 11.3 Å². The number of aromatic nitrogens is 3. The third-order valence-electron chi connectivity index (χ3n) is 3.06. The molecule has 0 saturated heterocycles. The van der Waals surface area contributed by atoms with Gasteiger partial charge in [-0.3, -0.25) is 4.40 Å². The zero-order valence-corrected chi connectivity index (χ0v) is 12.3. The first-order valence-electron chi connectivity index (χ1n) is 6.57. The van der Waals surface area contributed by atoms with Crippen LogP contribution in [0.4, 0.5) is 4.39 Å². The lowest BCUT2D eigenvalue weighted by Crippen LogP contribution is -2.09. The number of halogens is 2. The number of carbonyl (C=O) groups is 1. The maximum Gasteiger partial charge on any atom is 0.357 e. The topological polar surface area (TPSA) is 56.5 Å². The van der Waals surface area contributed by atoms with Crippen LogP contribution in [0.3, 0.4) is 0 Å². The molecule has 0 radical (unpaired) electrons. The fourth-order valence-corrected chi connectivity index (χ4v) is 2.36. The second-order valence-electron chi connectivity index (χ2n) is 4.44. The second kappa shape index (κ2) is 5.73. The lowest BCUT2D eigenvalue weighted by molar-refractivity contribution is 0.0519. The molecule has 22 heavy (non-hydrogen) atoms. The summed E-state index contributed by atoms with van der Waals surface area (Å²) in [5.74, 6) is -0.738. The molecule has 3 rings (SSSR count). The zero-order valence-electron chi connectivity index (χ0n) is 11.6. The summed E-state index contributed by atoms with van der Waals surface area (Å²) in [5, 5.41) is 0.287. The van der Waals surface area contributed by atoms with E-state index in [-0.39, 0.29) is 23.0 Å². The highest BCUT2D eigenvalue weighted by Crippen LogP contribution is 2.31. The van der Waals surface area contributed by atoms with Crippen molar-refractivity contribution in [2.45, 2.75) is 6.92 Å². The first kappa shape index (κ1) is 14.5. The summed E-state index contributed by atoms with van der Waals surface area (Å²) in [6.07, 6.45) is 3.19. The summed E-state index contributed by atoms with van der Waals surface area (Å²) < 4.78 is 20.1. The van der Waals surface area contributed by atoms with Crippen LogP contribution in [-0.2, 0) is 4.74 Å². The second-order valence-corrected chi connectivity index (χ2v) is 4.85. The van der Waals surface area contributed by atoms with Crippen LogP contribution in [0.1, 0.15) is 17.4 Å². The molecule has 5 nitrogen and oxygen atoms in total. The molecule has 0 aliphatic rings. The van der Waals surface area contributed by atoms with Gasteiger partial charge in [-0.1, -0.05) is 11.6 Å². The normalized spacial score (nSPS) is 10.9. The summed E-state index contributed by atoms with van der Waals surface area (Å²) in [6.45, 7) is 1.91. The molecular weight excluding hydrogens is 309 g/mol. The Balaban J connectivity index is 2.31. The third kappa shape index (κ3) is 2.42. The predicted molar refractivity (Wildman–Crippen MR) is 79.3 cm³/mol. The van der Waals surface area contributed by atoms with E-state index in [9.17, 15) is 9.18 Å². The van der Waals surface area contributed by atoms with Crippen molar-refractivity contribution in [3.8, 4) is 11.3 Å². The number of benzene rings is 1. The Kier molecular flexibility index (Phi) is 3.77. The lowest BCUT2D eigenvalue weighted by Gasteiger charge is -2.06. The van der Waals surface area contributed by atoms with Gasteiger partial charge in [0.25, 0.3) is 0 Å². The molecule has 0 fully saturated rings. The number of hydrogen-bond acceptors (Lipinski definition) is 4. The van der Waals surface area contributed by atoms with Gasteiger partial charge in [-0.25, -0.2) is 19.2 Å². The van der Waals surface area contributed by atoms with E-state index < -0.39 is 11.8 Å². The first-order valence-corrected chi connectivity index (χ1v) is 6.95. The molecule has 0 N–H and O–H groups in total. The smallest absolute Gasteiger partial charge is 0.357 e. The van der Waals surface area contributed by atoms with Crippen molar-refractivity contribution >= 4 is 23.3 Å². The van der Waals surface area contributed by atoms with Crippen LogP contribution >= 0.6 is 11.6 Å². The van der Waals surface area contributed by atoms with Crippen LogP contribution in [0, 0.1) is 5.82 Å². The van der Waals surface area contributed by atoms with Crippen LogP contribution in [0.2, 0.25) is 5.02 Å². The standard InChI is InChI=1S/C15H11ClFN3O2/c1-2-22-14(21)13-12(10-8-9(17)4-5-11(10)16)19-15-18-6-3-7-20(13)15/h3-8H,2H2,1H3. The van der Waals surface area contributed by atoms with E-state index in [2.05, 4.69) is 9.97 Å². The molecule has 0 saturated carbocycles.